The Hall–Kier alpha value is -6.22. The van der Waals surface area contributed by atoms with Gasteiger partial charge in [0, 0.05) is 27.1 Å². The molecule has 0 aliphatic heterocycles. The molecule has 258 valence electrons. The van der Waals surface area contributed by atoms with E-state index in [1.54, 1.807) is 36.4 Å². The molecule has 52 heavy (non-hydrogen) atoms. The molecule has 0 amide bonds. The molecule has 8 aromatic rings. The van der Waals surface area contributed by atoms with Crippen molar-refractivity contribution in [1.29, 1.82) is 5.26 Å². The largest absolute Gasteiger partial charge is 0.420 e. The summed E-state index contributed by atoms with van der Waals surface area (Å²) in [5, 5.41) is 10.9. The van der Waals surface area contributed by atoms with Crippen LogP contribution in [0.1, 0.15) is 22.3 Å². The highest BCUT2D eigenvalue weighted by atomic mass is 19.4. The van der Waals surface area contributed by atoms with Gasteiger partial charge in [-0.3, -0.25) is 0 Å². The molecule has 2 heterocycles. The van der Waals surface area contributed by atoms with Crippen LogP contribution >= 0.6 is 0 Å². The third-order valence-electron chi connectivity index (χ3n) is 9.21. The molecular formula is C40H20F9N3. The van der Waals surface area contributed by atoms with Crippen LogP contribution in [0.4, 0.5) is 39.5 Å². The van der Waals surface area contributed by atoms with Crippen LogP contribution in [-0.2, 0) is 18.5 Å². The maximum atomic E-state index is 16.0. The van der Waals surface area contributed by atoms with E-state index in [2.05, 4.69) is 0 Å². The molecule has 0 radical (unpaired) electrons. The Bertz CT molecular complexity index is 2770. The first-order chi connectivity index (χ1) is 24.7. The van der Waals surface area contributed by atoms with Gasteiger partial charge in [-0.2, -0.15) is 44.8 Å². The van der Waals surface area contributed by atoms with Crippen molar-refractivity contribution in [2.45, 2.75) is 18.5 Å². The van der Waals surface area contributed by atoms with E-state index >= 15 is 13.2 Å². The van der Waals surface area contributed by atoms with Crippen LogP contribution in [-0.4, -0.2) is 9.13 Å². The average Bonchev–Trinajstić information content (AvgIpc) is 3.62. The van der Waals surface area contributed by atoms with Gasteiger partial charge in [0.15, 0.2) is 0 Å². The smallest absolute Gasteiger partial charge is 0.309 e. The zero-order chi connectivity index (χ0) is 36.7. The van der Waals surface area contributed by atoms with Crippen LogP contribution in [0.15, 0.2) is 121 Å². The molecule has 0 N–H and O–H groups in total. The van der Waals surface area contributed by atoms with Gasteiger partial charge in [-0.1, -0.05) is 66.7 Å². The zero-order valence-corrected chi connectivity index (χ0v) is 26.3. The Morgan fingerprint density at radius 3 is 1.52 bits per heavy atom. The number of hydrogen-bond acceptors (Lipinski definition) is 1. The first-order valence-electron chi connectivity index (χ1n) is 15.6. The first kappa shape index (κ1) is 33.0. The van der Waals surface area contributed by atoms with Gasteiger partial charge < -0.3 is 9.13 Å². The molecule has 8 rings (SSSR count). The number of para-hydroxylation sites is 2. The second-order valence-corrected chi connectivity index (χ2v) is 12.2. The lowest BCUT2D eigenvalue weighted by Gasteiger charge is -2.24. The summed E-state index contributed by atoms with van der Waals surface area (Å²) in [7, 11) is 0. The number of nitriles is 1. The Morgan fingerprint density at radius 2 is 0.981 bits per heavy atom. The normalized spacial score (nSPS) is 12.7. The van der Waals surface area contributed by atoms with Crippen molar-refractivity contribution in [3.63, 3.8) is 0 Å². The quantitative estimate of drug-likeness (QED) is 0.168. The summed E-state index contributed by atoms with van der Waals surface area (Å²) in [4.78, 5) is 0. The number of halogens is 9. The highest BCUT2D eigenvalue weighted by Crippen LogP contribution is 2.48. The Balaban J connectivity index is 1.61. The summed E-state index contributed by atoms with van der Waals surface area (Å²) in [6.07, 6.45) is -14.9. The summed E-state index contributed by atoms with van der Waals surface area (Å²) in [5.74, 6) is 0. The summed E-state index contributed by atoms with van der Waals surface area (Å²) in [6, 6.07) is 28.4. The van der Waals surface area contributed by atoms with E-state index in [1.165, 1.54) is 54.6 Å². The van der Waals surface area contributed by atoms with Gasteiger partial charge in [-0.15, -0.1) is 0 Å². The molecule has 0 spiro atoms. The minimum absolute atomic E-state index is 0.0787. The number of rotatable bonds is 3. The lowest BCUT2D eigenvalue weighted by atomic mass is 9.96. The summed E-state index contributed by atoms with van der Waals surface area (Å²) < 4.78 is 135. The number of fused-ring (bicyclic) bond motifs is 6. The fourth-order valence-electron chi connectivity index (χ4n) is 7.06. The fourth-order valence-corrected chi connectivity index (χ4v) is 7.06. The van der Waals surface area contributed by atoms with E-state index in [4.69, 9.17) is 0 Å². The average molecular weight is 714 g/mol. The topological polar surface area (TPSA) is 33.6 Å². The zero-order valence-electron chi connectivity index (χ0n) is 26.3. The van der Waals surface area contributed by atoms with E-state index in [1.807, 2.05) is 6.07 Å². The van der Waals surface area contributed by atoms with Crippen LogP contribution < -0.4 is 0 Å². The van der Waals surface area contributed by atoms with E-state index in [-0.39, 0.29) is 49.5 Å². The second kappa shape index (κ2) is 11.4. The lowest BCUT2D eigenvalue weighted by molar-refractivity contribution is -0.138. The van der Waals surface area contributed by atoms with E-state index < -0.39 is 46.6 Å². The standard InChI is InChI=1S/C40H20F9N3/c41-38(42,43)24-12-14-29-27-8-1-3-10-31(27)51(34(29)19-24)33-17-16-26(23-7-5-6-22(18-23)21-50)37(36(33)40(47,48)49)52-32-11-4-2-9-28(32)30-15-13-25(20-35(30)52)39(44,45)46/h1-20H. The molecule has 12 heteroatoms. The third-order valence-corrected chi connectivity index (χ3v) is 9.21. The van der Waals surface area contributed by atoms with Gasteiger partial charge in [-0.25, -0.2) is 0 Å². The number of hydrogen-bond donors (Lipinski definition) is 0. The number of alkyl halides is 9. The van der Waals surface area contributed by atoms with Crippen molar-refractivity contribution in [2.24, 2.45) is 0 Å². The van der Waals surface area contributed by atoms with Crippen LogP contribution in [0.25, 0.3) is 66.1 Å². The summed E-state index contributed by atoms with van der Waals surface area (Å²) in [6.45, 7) is 0. The van der Waals surface area contributed by atoms with Crippen molar-refractivity contribution >= 4 is 43.6 Å². The minimum Gasteiger partial charge on any atom is -0.309 e. The highest BCUT2D eigenvalue weighted by Gasteiger charge is 2.41. The molecule has 0 saturated carbocycles. The molecular weight excluding hydrogens is 693 g/mol. The molecule has 6 aromatic carbocycles. The number of benzene rings is 6. The molecule has 0 fully saturated rings. The van der Waals surface area contributed by atoms with Crippen molar-refractivity contribution < 1.29 is 39.5 Å². The van der Waals surface area contributed by atoms with Gasteiger partial charge >= 0.3 is 18.5 Å². The minimum atomic E-state index is -5.23. The monoisotopic (exact) mass is 713 g/mol. The molecule has 3 nitrogen and oxygen atoms in total. The van der Waals surface area contributed by atoms with Crippen molar-refractivity contribution in [3.8, 4) is 28.6 Å². The van der Waals surface area contributed by atoms with Crippen LogP contribution in [0, 0.1) is 11.3 Å². The van der Waals surface area contributed by atoms with Crippen molar-refractivity contribution in [1.82, 2.24) is 9.13 Å². The molecule has 0 saturated heterocycles. The molecule has 0 aliphatic rings. The van der Waals surface area contributed by atoms with E-state index in [0.717, 1.165) is 39.5 Å². The molecule has 2 aromatic heterocycles. The SMILES string of the molecule is N#Cc1cccc(-c2ccc(-n3c4ccccc4c4ccc(C(F)(F)F)cc43)c(C(F)(F)F)c2-n2c3ccccc3c3ccc(C(F)(F)F)cc32)c1. The van der Waals surface area contributed by atoms with Crippen molar-refractivity contribution in [2.75, 3.05) is 0 Å². The second-order valence-electron chi connectivity index (χ2n) is 12.2. The van der Waals surface area contributed by atoms with Crippen LogP contribution in [0.5, 0.6) is 0 Å². The fraction of sp³-hybridized carbons (Fsp3) is 0.0750. The molecule has 0 bridgehead atoms. The highest BCUT2D eigenvalue weighted by molar-refractivity contribution is 6.11. The Labute approximate surface area is 288 Å². The molecule has 0 atom stereocenters. The van der Waals surface area contributed by atoms with Crippen molar-refractivity contribution in [3.05, 3.63) is 144 Å². The van der Waals surface area contributed by atoms with Gasteiger partial charge in [0.25, 0.3) is 0 Å². The third kappa shape index (κ3) is 5.15. The first-order valence-corrected chi connectivity index (χ1v) is 15.6. The summed E-state index contributed by atoms with van der Waals surface area (Å²) >= 11 is 0. The van der Waals surface area contributed by atoms with Gasteiger partial charge in [-0.05, 0) is 60.2 Å². The maximum Gasteiger partial charge on any atom is 0.420 e. The molecule has 0 aliphatic carbocycles. The van der Waals surface area contributed by atoms with E-state index in [0.29, 0.717) is 10.8 Å². The summed E-state index contributed by atoms with van der Waals surface area (Å²) in [5.41, 5.74) is -4.42. The Kier molecular flexibility index (Phi) is 7.22. The van der Waals surface area contributed by atoms with Crippen LogP contribution in [0.2, 0.25) is 0 Å². The lowest BCUT2D eigenvalue weighted by Crippen LogP contribution is -2.17. The molecule has 0 unspecified atom stereocenters. The maximum absolute atomic E-state index is 16.0. The van der Waals surface area contributed by atoms with Gasteiger partial charge in [0.1, 0.15) is 5.56 Å². The predicted octanol–water partition coefficient (Wildman–Crippen LogP) is 12.5. The number of aromatic nitrogens is 2. The number of nitrogens with zero attached hydrogens (tertiary/aromatic N) is 3. The predicted molar refractivity (Wildman–Crippen MR) is 180 cm³/mol. The van der Waals surface area contributed by atoms with E-state index in [9.17, 15) is 31.6 Å². The van der Waals surface area contributed by atoms with Crippen LogP contribution in [0.3, 0.4) is 0 Å². The van der Waals surface area contributed by atoms with Gasteiger partial charge in [0.05, 0.1) is 56.2 Å². The van der Waals surface area contributed by atoms with Gasteiger partial charge in [0.2, 0.25) is 0 Å². The Morgan fingerprint density at radius 1 is 0.462 bits per heavy atom.